The third kappa shape index (κ3) is 2.54. The van der Waals surface area contributed by atoms with Gasteiger partial charge in [0, 0.05) is 6.07 Å². The standard InChI is InChI=1S/C12H13F2NO2/c13-9-5-11(15)10(14)4-8(9)12(16)17-6-7-2-1-3-7/h4-5,7H,1-3,6,15H2. The number of nitrogens with two attached hydrogens (primary N) is 1. The predicted octanol–water partition coefficient (Wildman–Crippen LogP) is 2.50. The van der Waals surface area contributed by atoms with Crippen molar-refractivity contribution in [2.45, 2.75) is 19.3 Å². The Bertz CT molecular complexity index is 444. The Balaban J connectivity index is 2.04. The first-order chi connectivity index (χ1) is 8.08. The van der Waals surface area contributed by atoms with E-state index in [1.165, 1.54) is 0 Å². The number of benzene rings is 1. The highest BCUT2D eigenvalue weighted by atomic mass is 19.1. The first kappa shape index (κ1) is 11.8. The summed E-state index contributed by atoms with van der Waals surface area (Å²) in [5.41, 5.74) is 4.45. The molecule has 0 spiro atoms. The maximum absolute atomic E-state index is 13.4. The summed E-state index contributed by atoms with van der Waals surface area (Å²) in [4.78, 5) is 11.5. The monoisotopic (exact) mass is 241 g/mol. The molecule has 0 unspecified atom stereocenters. The molecule has 0 saturated heterocycles. The van der Waals surface area contributed by atoms with E-state index < -0.39 is 23.2 Å². The van der Waals surface area contributed by atoms with E-state index in [0.717, 1.165) is 31.4 Å². The number of hydrogen-bond acceptors (Lipinski definition) is 3. The summed E-state index contributed by atoms with van der Waals surface area (Å²) in [7, 11) is 0. The molecule has 1 saturated carbocycles. The van der Waals surface area contributed by atoms with E-state index in [-0.39, 0.29) is 12.3 Å². The molecule has 0 aromatic heterocycles. The van der Waals surface area contributed by atoms with Gasteiger partial charge in [0.2, 0.25) is 0 Å². The van der Waals surface area contributed by atoms with Crippen molar-refractivity contribution in [2.24, 2.45) is 5.92 Å². The minimum absolute atomic E-state index is 0.268. The van der Waals surface area contributed by atoms with E-state index in [2.05, 4.69) is 0 Å². The normalized spacial score (nSPS) is 15.4. The first-order valence-electron chi connectivity index (χ1n) is 5.49. The Morgan fingerprint density at radius 2 is 2.06 bits per heavy atom. The number of anilines is 1. The maximum Gasteiger partial charge on any atom is 0.341 e. The minimum atomic E-state index is -0.859. The van der Waals surface area contributed by atoms with E-state index in [1.54, 1.807) is 0 Å². The number of carbonyl (C=O) groups excluding carboxylic acids is 1. The summed E-state index contributed by atoms with van der Waals surface area (Å²) in [5.74, 6) is -2.15. The van der Waals surface area contributed by atoms with Crippen molar-refractivity contribution >= 4 is 11.7 Å². The Hall–Kier alpha value is -1.65. The number of carbonyl (C=O) groups is 1. The highest BCUT2D eigenvalue weighted by molar-refractivity contribution is 5.90. The van der Waals surface area contributed by atoms with E-state index in [4.69, 9.17) is 10.5 Å². The Kier molecular flexibility index (Phi) is 3.26. The van der Waals surface area contributed by atoms with Crippen molar-refractivity contribution in [3.63, 3.8) is 0 Å². The quantitative estimate of drug-likeness (QED) is 0.653. The van der Waals surface area contributed by atoms with Gasteiger partial charge in [0.1, 0.15) is 11.6 Å². The summed E-state index contributed by atoms with van der Waals surface area (Å²) in [6.07, 6.45) is 3.17. The molecule has 0 aliphatic heterocycles. The number of esters is 1. The van der Waals surface area contributed by atoms with E-state index in [0.29, 0.717) is 5.92 Å². The summed E-state index contributed by atoms with van der Waals surface area (Å²) < 4.78 is 31.4. The highest BCUT2D eigenvalue weighted by Crippen LogP contribution is 2.27. The fourth-order valence-corrected chi connectivity index (χ4v) is 1.65. The highest BCUT2D eigenvalue weighted by Gasteiger charge is 2.21. The third-order valence-electron chi connectivity index (χ3n) is 2.98. The van der Waals surface area contributed by atoms with Crippen molar-refractivity contribution in [1.29, 1.82) is 0 Å². The van der Waals surface area contributed by atoms with Crippen LogP contribution in [0.1, 0.15) is 29.6 Å². The average molecular weight is 241 g/mol. The lowest BCUT2D eigenvalue weighted by molar-refractivity contribution is 0.0366. The lowest BCUT2D eigenvalue weighted by atomic mass is 9.86. The molecule has 0 amide bonds. The lowest BCUT2D eigenvalue weighted by Crippen LogP contribution is -2.20. The van der Waals surface area contributed by atoms with Crippen molar-refractivity contribution in [3.05, 3.63) is 29.3 Å². The number of rotatable bonds is 3. The summed E-state index contributed by atoms with van der Waals surface area (Å²) in [6.45, 7) is 0.268. The molecule has 0 heterocycles. The van der Waals surface area contributed by atoms with Gasteiger partial charge in [-0.2, -0.15) is 0 Å². The van der Waals surface area contributed by atoms with E-state index in [1.807, 2.05) is 0 Å². The van der Waals surface area contributed by atoms with Crippen LogP contribution >= 0.6 is 0 Å². The van der Waals surface area contributed by atoms with Crippen LogP contribution in [0.4, 0.5) is 14.5 Å². The van der Waals surface area contributed by atoms with Crippen molar-refractivity contribution in [1.82, 2.24) is 0 Å². The molecule has 1 fully saturated rings. The molecule has 2 rings (SSSR count). The van der Waals surface area contributed by atoms with Gasteiger partial charge in [-0.25, -0.2) is 13.6 Å². The van der Waals surface area contributed by atoms with Crippen molar-refractivity contribution in [3.8, 4) is 0 Å². The molecular weight excluding hydrogens is 228 g/mol. The van der Waals surface area contributed by atoms with Gasteiger partial charge in [-0.05, 0) is 24.8 Å². The van der Waals surface area contributed by atoms with Gasteiger partial charge >= 0.3 is 5.97 Å². The topological polar surface area (TPSA) is 52.3 Å². The number of ether oxygens (including phenoxy) is 1. The summed E-state index contributed by atoms with van der Waals surface area (Å²) in [6, 6.07) is 1.56. The van der Waals surface area contributed by atoms with Crippen LogP contribution < -0.4 is 5.73 Å². The Morgan fingerprint density at radius 3 is 2.65 bits per heavy atom. The van der Waals surface area contributed by atoms with E-state index >= 15 is 0 Å². The lowest BCUT2D eigenvalue weighted by Gasteiger charge is -2.24. The summed E-state index contributed by atoms with van der Waals surface area (Å²) in [5, 5.41) is 0. The molecule has 0 radical (unpaired) electrons. The Morgan fingerprint density at radius 1 is 1.35 bits per heavy atom. The molecule has 2 N–H and O–H groups in total. The van der Waals surface area contributed by atoms with Gasteiger partial charge in [-0.3, -0.25) is 0 Å². The molecule has 5 heteroatoms. The molecule has 1 aromatic rings. The molecule has 1 aliphatic carbocycles. The smallest absolute Gasteiger partial charge is 0.341 e. The van der Waals surface area contributed by atoms with Crippen LogP contribution in [0.15, 0.2) is 12.1 Å². The number of hydrogen-bond donors (Lipinski definition) is 1. The third-order valence-corrected chi connectivity index (χ3v) is 2.98. The molecule has 1 aliphatic rings. The van der Waals surface area contributed by atoms with Crippen LogP contribution in [0.5, 0.6) is 0 Å². The van der Waals surface area contributed by atoms with Gasteiger partial charge in [0.15, 0.2) is 0 Å². The van der Waals surface area contributed by atoms with Gasteiger partial charge in [-0.15, -0.1) is 0 Å². The van der Waals surface area contributed by atoms with Gasteiger partial charge in [0.25, 0.3) is 0 Å². The SMILES string of the molecule is Nc1cc(F)c(C(=O)OCC2CCC2)cc1F. The average Bonchev–Trinajstić information content (AvgIpc) is 2.21. The minimum Gasteiger partial charge on any atom is -0.462 e. The van der Waals surface area contributed by atoms with Crippen LogP contribution in [0, 0.1) is 17.6 Å². The zero-order valence-electron chi connectivity index (χ0n) is 9.21. The van der Waals surface area contributed by atoms with Crippen molar-refractivity contribution in [2.75, 3.05) is 12.3 Å². The van der Waals surface area contributed by atoms with E-state index in [9.17, 15) is 13.6 Å². The van der Waals surface area contributed by atoms with Crippen molar-refractivity contribution < 1.29 is 18.3 Å². The molecule has 0 bridgehead atoms. The first-order valence-corrected chi connectivity index (χ1v) is 5.49. The summed E-state index contributed by atoms with van der Waals surface area (Å²) >= 11 is 0. The molecule has 92 valence electrons. The second-order valence-electron chi connectivity index (χ2n) is 4.25. The van der Waals surface area contributed by atoms with Crippen LogP contribution in [0.25, 0.3) is 0 Å². The van der Waals surface area contributed by atoms with Gasteiger partial charge in [-0.1, -0.05) is 6.42 Å². The maximum atomic E-state index is 13.4. The van der Waals surface area contributed by atoms with Crippen LogP contribution in [-0.2, 0) is 4.74 Å². The predicted molar refractivity (Wildman–Crippen MR) is 58.4 cm³/mol. The fourth-order valence-electron chi connectivity index (χ4n) is 1.65. The second kappa shape index (κ2) is 4.69. The van der Waals surface area contributed by atoms with Gasteiger partial charge < -0.3 is 10.5 Å². The zero-order chi connectivity index (χ0) is 12.4. The number of halogens is 2. The molecular formula is C12H13F2NO2. The molecule has 3 nitrogen and oxygen atoms in total. The zero-order valence-corrected chi connectivity index (χ0v) is 9.21. The van der Waals surface area contributed by atoms with Crippen LogP contribution in [0.3, 0.4) is 0 Å². The van der Waals surface area contributed by atoms with Crippen LogP contribution in [-0.4, -0.2) is 12.6 Å². The molecule has 17 heavy (non-hydrogen) atoms. The fraction of sp³-hybridized carbons (Fsp3) is 0.417. The van der Waals surface area contributed by atoms with Crippen LogP contribution in [0.2, 0.25) is 0 Å². The number of nitrogen functional groups attached to an aromatic ring is 1. The molecule has 0 atom stereocenters. The largest absolute Gasteiger partial charge is 0.462 e. The van der Waals surface area contributed by atoms with Gasteiger partial charge in [0.05, 0.1) is 17.9 Å². The molecule has 1 aromatic carbocycles. The Labute approximate surface area is 97.6 Å². The second-order valence-corrected chi connectivity index (χ2v) is 4.25.